The predicted octanol–water partition coefficient (Wildman–Crippen LogP) is 5.43. The van der Waals surface area contributed by atoms with Crippen molar-refractivity contribution in [3.63, 3.8) is 0 Å². The lowest BCUT2D eigenvalue weighted by Gasteiger charge is -2.10. The van der Waals surface area contributed by atoms with Gasteiger partial charge in [0.15, 0.2) is 0 Å². The minimum atomic E-state index is 0.466. The summed E-state index contributed by atoms with van der Waals surface area (Å²) in [7, 11) is 0. The average molecular weight is 349 g/mol. The minimum Gasteiger partial charge on any atom is -0.492 e. The van der Waals surface area contributed by atoms with Crippen molar-refractivity contribution in [2.75, 3.05) is 6.61 Å². The lowest BCUT2D eigenvalue weighted by atomic mass is 10.1. The molecule has 0 saturated heterocycles. The number of ether oxygens (including phenoxy) is 1. The van der Waals surface area contributed by atoms with Gasteiger partial charge in [-0.2, -0.15) is 0 Å². The van der Waals surface area contributed by atoms with Gasteiger partial charge in [0.25, 0.3) is 0 Å². The second kappa shape index (κ2) is 6.81. The summed E-state index contributed by atoms with van der Waals surface area (Å²) in [5.74, 6) is 0.626. The molecule has 3 nitrogen and oxygen atoms in total. The molecule has 0 atom stereocenters. The summed E-state index contributed by atoms with van der Waals surface area (Å²) in [6.07, 6.45) is 2.75. The summed E-state index contributed by atoms with van der Waals surface area (Å²) in [5.41, 5.74) is 4.74. The first kappa shape index (κ1) is 16.2. The van der Waals surface area contributed by atoms with Gasteiger partial charge in [-0.3, -0.25) is 0 Å². The molecule has 0 amide bonds. The molecule has 3 rings (SSSR count). The van der Waals surface area contributed by atoms with Crippen LogP contribution < -0.4 is 4.74 Å². The number of aryl methyl sites for hydroxylation is 3. The maximum Gasteiger partial charge on any atom is 0.139 e. The molecule has 0 bridgehead atoms. The van der Waals surface area contributed by atoms with Gasteiger partial charge in [0, 0.05) is 6.54 Å². The van der Waals surface area contributed by atoms with Crippen LogP contribution in [0.3, 0.4) is 0 Å². The van der Waals surface area contributed by atoms with Gasteiger partial charge in [0.2, 0.25) is 0 Å². The largest absolute Gasteiger partial charge is 0.492 e. The monoisotopic (exact) mass is 348 g/mol. The Morgan fingerprint density at radius 2 is 1.91 bits per heavy atom. The van der Waals surface area contributed by atoms with Crippen LogP contribution in [0, 0.1) is 13.8 Å². The summed E-state index contributed by atoms with van der Waals surface area (Å²) >= 11 is 12.1. The van der Waals surface area contributed by atoms with Crippen molar-refractivity contribution in [3.8, 4) is 5.75 Å². The molecule has 0 aliphatic rings. The van der Waals surface area contributed by atoms with Crippen molar-refractivity contribution in [2.24, 2.45) is 0 Å². The van der Waals surface area contributed by atoms with Gasteiger partial charge < -0.3 is 9.30 Å². The van der Waals surface area contributed by atoms with E-state index in [1.54, 1.807) is 6.07 Å². The van der Waals surface area contributed by atoms with Crippen molar-refractivity contribution in [1.29, 1.82) is 0 Å². The summed E-state index contributed by atoms with van der Waals surface area (Å²) < 4.78 is 7.88. The van der Waals surface area contributed by atoms with E-state index in [4.69, 9.17) is 27.9 Å². The molecular formula is C18H18Cl2N2O. The van der Waals surface area contributed by atoms with E-state index < -0.39 is 0 Å². The Labute approximate surface area is 145 Å². The lowest BCUT2D eigenvalue weighted by Crippen LogP contribution is -2.04. The molecule has 0 radical (unpaired) electrons. The Bertz CT molecular complexity index is 842. The van der Waals surface area contributed by atoms with Crippen LogP contribution in [-0.2, 0) is 6.54 Å². The highest BCUT2D eigenvalue weighted by molar-refractivity contribution is 6.42. The SMILES string of the molecule is Cc1cc2ncn(CCCOc3cccc(Cl)c3Cl)c2cc1C. The number of hydrogen-bond acceptors (Lipinski definition) is 2. The molecule has 0 spiro atoms. The highest BCUT2D eigenvalue weighted by Gasteiger charge is 2.07. The number of benzene rings is 2. The third kappa shape index (κ3) is 3.46. The van der Waals surface area contributed by atoms with E-state index >= 15 is 0 Å². The first-order valence-corrected chi connectivity index (χ1v) is 8.31. The molecule has 0 aliphatic heterocycles. The maximum atomic E-state index is 6.11. The fourth-order valence-electron chi connectivity index (χ4n) is 2.50. The van der Waals surface area contributed by atoms with E-state index in [1.807, 2.05) is 18.5 Å². The summed E-state index contributed by atoms with van der Waals surface area (Å²) in [4.78, 5) is 4.47. The minimum absolute atomic E-state index is 0.466. The zero-order chi connectivity index (χ0) is 16.4. The number of imidazole rings is 1. The fraction of sp³-hybridized carbons (Fsp3) is 0.278. The molecule has 5 heteroatoms. The molecular weight excluding hydrogens is 331 g/mol. The van der Waals surface area contributed by atoms with Crippen LogP contribution in [0.1, 0.15) is 17.5 Å². The molecule has 1 heterocycles. The predicted molar refractivity (Wildman–Crippen MR) is 95.8 cm³/mol. The van der Waals surface area contributed by atoms with E-state index in [0.29, 0.717) is 22.4 Å². The summed E-state index contributed by atoms with van der Waals surface area (Å²) in [5, 5.41) is 0.976. The number of halogens is 2. The standard InChI is InChI=1S/C18H18Cl2N2O/c1-12-9-15-16(10-13(12)2)22(11-21-15)7-4-8-23-17-6-3-5-14(19)18(17)20/h3,5-6,9-11H,4,7-8H2,1-2H3. The topological polar surface area (TPSA) is 27.1 Å². The van der Waals surface area contributed by atoms with Crippen LogP contribution in [0.2, 0.25) is 10.0 Å². The van der Waals surface area contributed by atoms with E-state index in [2.05, 4.69) is 35.5 Å². The van der Waals surface area contributed by atoms with Crippen LogP contribution >= 0.6 is 23.2 Å². The first-order valence-electron chi connectivity index (χ1n) is 7.55. The number of hydrogen-bond donors (Lipinski definition) is 0. The molecule has 0 unspecified atom stereocenters. The van der Waals surface area contributed by atoms with Gasteiger partial charge >= 0.3 is 0 Å². The molecule has 0 fully saturated rings. The Kier molecular flexibility index (Phi) is 4.79. The Morgan fingerprint density at radius 3 is 2.74 bits per heavy atom. The molecule has 0 aliphatic carbocycles. The third-order valence-electron chi connectivity index (χ3n) is 3.95. The second-order valence-corrected chi connectivity index (χ2v) is 6.40. The van der Waals surface area contributed by atoms with E-state index in [9.17, 15) is 0 Å². The number of fused-ring (bicyclic) bond motifs is 1. The quantitative estimate of drug-likeness (QED) is 0.575. The second-order valence-electron chi connectivity index (χ2n) is 5.62. The molecule has 23 heavy (non-hydrogen) atoms. The van der Waals surface area contributed by atoms with Gasteiger partial charge in [-0.15, -0.1) is 0 Å². The lowest BCUT2D eigenvalue weighted by molar-refractivity contribution is 0.303. The van der Waals surface area contributed by atoms with E-state index in [0.717, 1.165) is 24.0 Å². The smallest absolute Gasteiger partial charge is 0.139 e. The van der Waals surface area contributed by atoms with Crippen LogP contribution in [-0.4, -0.2) is 16.2 Å². The van der Waals surface area contributed by atoms with Crippen LogP contribution in [0.5, 0.6) is 5.75 Å². The fourth-order valence-corrected chi connectivity index (χ4v) is 2.85. The Hall–Kier alpha value is -1.71. The molecule has 0 N–H and O–H groups in total. The highest BCUT2D eigenvalue weighted by Crippen LogP contribution is 2.31. The van der Waals surface area contributed by atoms with Crippen molar-refractivity contribution >= 4 is 34.2 Å². The van der Waals surface area contributed by atoms with Crippen LogP contribution in [0.4, 0.5) is 0 Å². The van der Waals surface area contributed by atoms with Gasteiger partial charge in [-0.1, -0.05) is 29.3 Å². The van der Waals surface area contributed by atoms with E-state index in [1.165, 1.54) is 11.1 Å². The molecule has 120 valence electrons. The number of rotatable bonds is 5. The number of aromatic nitrogens is 2. The van der Waals surface area contributed by atoms with Crippen LogP contribution in [0.15, 0.2) is 36.7 Å². The van der Waals surface area contributed by atoms with E-state index in [-0.39, 0.29) is 0 Å². The zero-order valence-electron chi connectivity index (χ0n) is 13.1. The normalized spacial score (nSPS) is 11.1. The van der Waals surface area contributed by atoms with Crippen molar-refractivity contribution in [1.82, 2.24) is 9.55 Å². The van der Waals surface area contributed by atoms with Gasteiger partial charge in [0.1, 0.15) is 10.8 Å². The maximum absolute atomic E-state index is 6.11. The van der Waals surface area contributed by atoms with Gasteiger partial charge in [0.05, 0.1) is 29.0 Å². The van der Waals surface area contributed by atoms with Crippen LogP contribution in [0.25, 0.3) is 11.0 Å². The molecule has 2 aromatic carbocycles. The zero-order valence-corrected chi connectivity index (χ0v) is 14.7. The molecule has 0 saturated carbocycles. The average Bonchev–Trinajstić information content (AvgIpc) is 2.90. The Morgan fingerprint density at radius 1 is 1.13 bits per heavy atom. The first-order chi connectivity index (χ1) is 11.1. The third-order valence-corrected chi connectivity index (χ3v) is 4.76. The van der Waals surface area contributed by atoms with Crippen molar-refractivity contribution < 1.29 is 4.74 Å². The molecule has 3 aromatic rings. The van der Waals surface area contributed by atoms with Crippen molar-refractivity contribution in [3.05, 3.63) is 57.8 Å². The van der Waals surface area contributed by atoms with Crippen molar-refractivity contribution in [2.45, 2.75) is 26.8 Å². The summed E-state index contributed by atoms with van der Waals surface area (Å²) in [6.45, 7) is 5.65. The summed E-state index contributed by atoms with van der Waals surface area (Å²) in [6, 6.07) is 9.72. The Balaban J connectivity index is 1.63. The van der Waals surface area contributed by atoms with Gasteiger partial charge in [-0.05, 0) is 55.7 Å². The van der Waals surface area contributed by atoms with Gasteiger partial charge in [-0.25, -0.2) is 4.98 Å². The molecule has 1 aromatic heterocycles. The number of nitrogens with zero attached hydrogens (tertiary/aromatic N) is 2. The highest BCUT2D eigenvalue weighted by atomic mass is 35.5.